The van der Waals surface area contributed by atoms with Gasteiger partial charge in [-0.15, -0.1) is 11.3 Å². The molecule has 2 heterocycles. The number of hydrogen-bond donors (Lipinski definition) is 1. The summed E-state index contributed by atoms with van der Waals surface area (Å²) in [6, 6.07) is 14.5. The van der Waals surface area contributed by atoms with Gasteiger partial charge in [0.2, 0.25) is 5.91 Å². The Balaban J connectivity index is 1.74. The van der Waals surface area contributed by atoms with Crippen molar-refractivity contribution in [2.75, 3.05) is 12.4 Å². The molecule has 0 aliphatic carbocycles. The quantitative estimate of drug-likeness (QED) is 0.463. The molecule has 0 aliphatic heterocycles. The predicted octanol–water partition coefficient (Wildman–Crippen LogP) is 5.03. The summed E-state index contributed by atoms with van der Waals surface area (Å²) in [7, 11) is 1.55. The number of aryl methyl sites for hydroxylation is 1. The molecule has 1 N–H and O–H groups in total. The zero-order valence-corrected chi connectivity index (χ0v) is 18.4. The van der Waals surface area contributed by atoms with E-state index in [0.717, 1.165) is 16.7 Å². The minimum absolute atomic E-state index is 0.219. The molecule has 158 valence electrons. The number of rotatable bonds is 6. The van der Waals surface area contributed by atoms with Crippen LogP contribution < -0.4 is 15.6 Å². The van der Waals surface area contributed by atoms with Gasteiger partial charge in [0.15, 0.2) is 0 Å². The van der Waals surface area contributed by atoms with Crippen molar-refractivity contribution in [2.24, 2.45) is 0 Å². The molecular weight excluding hydrogens is 410 g/mol. The van der Waals surface area contributed by atoms with E-state index in [4.69, 9.17) is 4.74 Å². The van der Waals surface area contributed by atoms with Crippen LogP contribution in [0.5, 0.6) is 5.75 Å². The number of fused-ring (bicyclic) bond motifs is 1. The minimum Gasteiger partial charge on any atom is -0.495 e. The first-order chi connectivity index (χ1) is 15.0. The lowest BCUT2D eigenvalue weighted by Gasteiger charge is -2.18. The van der Waals surface area contributed by atoms with Crippen molar-refractivity contribution in [1.82, 2.24) is 9.55 Å². The second-order valence-corrected chi connectivity index (χ2v) is 8.12. The zero-order valence-electron chi connectivity index (χ0n) is 17.6. The fraction of sp³-hybridized carbons (Fsp3) is 0.208. The van der Waals surface area contributed by atoms with Crippen LogP contribution >= 0.6 is 11.3 Å². The van der Waals surface area contributed by atoms with Gasteiger partial charge in [0, 0.05) is 10.9 Å². The number of benzene rings is 2. The maximum atomic E-state index is 13.5. The fourth-order valence-corrected chi connectivity index (χ4v) is 4.49. The van der Waals surface area contributed by atoms with Crippen LogP contribution in [-0.2, 0) is 4.79 Å². The van der Waals surface area contributed by atoms with Crippen LogP contribution in [-0.4, -0.2) is 22.6 Å². The first-order valence-electron chi connectivity index (χ1n) is 10.0. The number of para-hydroxylation sites is 2. The molecule has 0 fully saturated rings. The Kier molecular flexibility index (Phi) is 5.86. The first kappa shape index (κ1) is 20.8. The van der Waals surface area contributed by atoms with Gasteiger partial charge in [-0.2, -0.15) is 0 Å². The maximum absolute atomic E-state index is 13.5. The summed E-state index contributed by atoms with van der Waals surface area (Å²) >= 11 is 1.43. The van der Waals surface area contributed by atoms with E-state index in [2.05, 4.69) is 10.3 Å². The summed E-state index contributed by atoms with van der Waals surface area (Å²) in [6.07, 6.45) is 1.91. The molecule has 1 amide bonds. The van der Waals surface area contributed by atoms with Crippen LogP contribution in [0.2, 0.25) is 0 Å². The number of carbonyl (C=O) groups is 1. The number of anilines is 1. The number of carbonyl (C=O) groups excluding carboxylic acids is 1. The molecule has 0 spiro atoms. The Hall–Kier alpha value is -3.45. The van der Waals surface area contributed by atoms with Crippen molar-refractivity contribution in [3.8, 4) is 16.9 Å². The van der Waals surface area contributed by atoms with E-state index in [1.165, 1.54) is 22.2 Å². The number of amides is 1. The van der Waals surface area contributed by atoms with Crippen LogP contribution in [0.25, 0.3) is 21.3 Å². The topological polar surface area (TPSA) is 73.2 Å². The minimum atomic E-state index is -0.694. The molecule has 0 aliphatic rings. The third-order valence-electron chi connectivity index (χ3n) is 5.27. The Morgan fingerprint density at radius 1 is 1.19 bits per heavy atom. The summed E-state index contributed by atoms with van der Waals surface area (Å²) in [4.78, 5) is 31.7. The third-order valence-corrected chi connectivity index (χ3v) is 6.16. The number of methoxy groups -OCH3 is 1. The van der Waals surface area contributed by atoms with Crippen molar-refractivity contribution in [3.63, 3.8) is 0 Å². The van der Waals surface area contributed by atoms with Crippen molar-refractivity contribution in [3.05, 3.63) is 76.2 Å². The highest BCUT2D eigenvalue weighted by Gasteiger charge is 2.23. The number of hydrogen-bond acceptors (Lipinski definition) is 5. The molecule has 2 aromatic heterocycles. The van der Waals surface area contributed by atoms with Crippen molar-refractivity contribution in [1.29, 1.82) is 0 Å². The normalized spacial score (nSPS) is 12.0. The van der Waals surface area contributed by atoms with Crippen LogP contribution in [0.15, 0.2) is 65.0 Å². The van der Waals surface area contributed by atoms with E-state index in [0.29, 0.717) is 28.1 Å². The average Bonchev–Trinajstić information content (AvgIpc) is 3.21. The second kappa shape index (κ2) is 8.73. The van der Waals surface area contributed by atoms with Crippen LogP contribution in [0.1, 0.15) is 24.9 Å². The number of thiophene rings is 1. The van der Waals surface area contributed by atoms with E-state index < -0.39 is 6.04 Å². The van der Waals surface area contributed by atoms with Crippen LogP contribution in [0.4, 0.5) is 5.69 Å². The number of aromatic nitrogens is 2. The lowest BCUT2D eigenvalue weighted by molar-refractivity contribution is -0.119. The SMILES string of the molecule is CCC(C(=O)Nc1ccccc1OC)n1cnc2scc(-c3ccc(C)cc3)c2c1=O. The van der Waals surface area contributed by atoms with Gasteiger partial charge in [-0.25, -0.2) is 4.98 Å². The summed E-state index contributed by atoms with van der Waals surface area (Å²) in [5.74, 6) is 0.272. The molecule has 7 heteroatoms. The van der Waals surface area contributed by atoms with Crippen molar-refractivity contribution >= 4 is 33.1 Å². The number of nitrogens with one attached hydrogen (secondary N) is 1. The molecule has 0 saturated carbocycles. The van der Waals surface area contributed by atoms with Gasteiger partial charge < -0.3 is 10.1 Å². The van der Waals surface area contributed by atoms with Gasteiger partial charge in [-0.1, -0.05) is 48.9 Å². The van der Waals surface area contributed by atoms with Gasteiger partial charge in [0.1, 0.15) is 16.6 Å². The first-order valence-corrected chi connectivity index (χ1v) is 10.9. The lowest BCUT2D eigenvalue weighted by atomic mass is 10.0. The molecule has 1 atom stereocenters. The smallest absolute Gasteiger partial charge is 0.263 e. The molecular formula is C24H23N3O3S. The molecule has 4 aromatic rings. The van der Waals surface area contributed by atoms with Crippen LogP contribution in [0, 0.1) is 6.92 Å². The molecule has 0 radical (unpaired) electrons. The van der Waals surface area contributed by atoms with Gasteiger partial charge in [-0.3, -0.25) is 14.2 Å². The number of ether oxygens (including phenoxy) is 1. The largest absolute Gasteiger partial charge is 0.495 e. The van der Waals surface area contributed by atoms with Crippen LogP contribution in [0.3, 0.4) is 0 Å². The molecule has 2 aromatic carbocycles. The van der Waals surface area contributed by atoms with Gasteiger partial charge >= 0.3 is 0 Å². The van der Waals surface area contributed by atoms with Crippen molar-refractivity contribution < 1.29 is 9.53 Å². The Labute approximate surface area is 184 Å². The summed E-state index contributed by atoms with van der Waals surface area (Å²) in [5, 5.41) is 5.37. The third kappa shape index (κ3) is 3.96. The maximum Gasteiger partial charge on any atom is 0.263 e. The van der Waals surface area contributed by atoms with Gasteiger partial charge in [-0.05, 0) is 31.0 Å². The number of nitrogens with zero attached hydrogens (tertiary/aromatic N) is 2. The van der Waals surface area contributed by atoms with Gasteiger partial charge in [0.25, 0.3) is 5.56 Å². The summed E-state index contributed by atoms with van der Waals surface area (Å²) < 4.78 is 6.74. The van der Waals surface area contributed by atoms with E-state index >= 15 is 0 Å². The van der Waals surface area contributed by atoms with Gasteiger partial charge in [0.05, 0.1) is 24.5 Å². The van der Waals surface area contributed by atoms with E-state index in [-0.39, 0.29) is 11.5 Å². The highest BCUT2D eigenvalue weighted by atomic mass is 32.1. The average molecular weight is 434 g/mol. The molecule has 31 heavy (non-hydrogen) atoms. The monoisotopic (exact) mass is 433 g/mol. The molecule has 0 saturated heterocycles. The molecule has 0 bridgehead atoms. The fourth-order valence-electron chi connectivity index (χ4n) is 3.59. The molecule has 6 nitrogen and oxygen atoms in total. The van der Waals surface area contributed by atoms with E-state index in [1.54, 1.807) is 19.2 Å². The Morgan fingerprint density at radius 3 is 2.65 bits per heavy atom. The standard InChI is InChI=1S/C24H23N3O3S/c1-4-19(22(28)26-18-7-5-6-8-20(18)30-3)27-14-25-23-21(24(27)29)17(13-31-23)16-11-9-15(2)10-12-16/h5-14,19H,4H2,1-3H3,(H,26,28). The zero-order chi connectivity index (χ0) is 22.0. The highest BCUT2D eigenvalue weighted by Crippen LogP contribution is 2.31. The van der Waals surface area contributed by atoms with E-state index in [9.17, 15) is 9.59 Å². The second-order valence-electron chi connectivity index (χ2n) is 7.27. The molecule has 1 unspecified atom stereocenters. The summed E-state index contributed by atoms with van der Waals surface area (Å²) in [6.45, 7) is 3.90. The highest BCUT2D eigenvalue weighted by molar-refractivity contribution is 7.17. The Morgan fingerprint density at radius 2 is 1.94 bits per heavy atom. The lowest BCUT2D eigenvalue weighted by Crippen LogP contribution is -2.33. The molecule has 4 rings (SSSR count). The van der Waals surface area contributed by atoms with E-state index in [1.807, 2.05) is 55.6 Å². The van der Waals surface area contributed by atoms with Crippen molar-refractivity contribution in [2.45, 2.75) is 26.3 Å². The summed E-state index contributed by atoms with van der Waals surface area (Å²) in [5.41, 5.74) is 3.29. The predicted molar refractivity (Wildman–Crippen MR) is 125 cm³/mol. The Bertz CT molecular complexity index is 1290.